The number of fused-ring (bicyclic) bond motifs is 1. The number of sulfonamides is 1. The second-order valence-corrected chi connectivity index (χ2v) is 11.4. The largest absolute Gasteiger partial charge is 0.340 e. The summed E-state index contributed by atoms with van der Waals surface area (Å²) in [5.74, 6) is 0.108. The van der Waals surface area contributed by atoms with Crippen LogP contribution in [-0.2, 0) is 34.2 Å². The number of carbonyl (C=O) groups is 1. The van der Waals surface area contributed by atoms with Crippen LogP contribution in [0.4, 0.5) is 0 Å². The van der Waals surface area contributed by atoms with E-state index in [2.05, 4.69) is 9.88 Å². The van der Waals surface area contributed by atoms with E-state index in [1.54, 1.807) is 10.4 Å². The Morgan fingerprint density at radius 2 is 1.61 bits per heavy atom. The Kier molecular flexibility index (Phi) is 6.49. The van der Waals surface area contributed by atoms with Gasteiger partial charge in [-0.15, -0.1) is 0 Å². The van der Waals surface area contributed by atoms with Gasteiger partial charge in [-0.3, -0.25) is 14.7 Å². The first kappa shape index (κ1) is 22.5. The first-order chi connectivity index (χ1) is 16.0. The maximum atomic E-state index is 13.2. The number of benzene rings is 1. The highest BCUT2D eigenvalue weighted by atomic mass is 32.2. The second-order valence-electron chi connectivity index (χ2n) is 9.42. The molecule has 0 N–H and O–H groups in total. The Morgan fingerprint density at radius 3 is 2.33 bits per heavy atom. The van der Waals surface area contributed by atoms with Gasteiger partial charge < -0.3 is 4.90 Å². The van der Waals surface area contributed by atoms with Gasteiger partial charge in [0.25, 0.3) is 0 Å². The average molecular weight is 469 g/mol. The maximum Gasteiger partial charge on any atom is 0.243 e. The number of nitrogens with zero attached hydrogens (tertiary/aromatic N) is 4. The van der Waals surface area contributed by atoms with Crippen LogP contribution in [0.15, 0.2) is 47.6 Å². The third-order valence-electron chi connectivity index (χ3n) is 7.35. The van der Waals surface area contributed by atoms with E-state index in [1.165, 1.54) is 16.7 Å². The van der Waals surface area contributed by atoms with Gasteiger partial charge in [0.2, 0.25) is 15.9 Å². The predicted octanol–water partition coefficient (Wildman–Crippen LogP) is 2.32. The van der Waals surface area contributed by atoms with Gasteiger partial charge >= 0.3 is 0 Å². The van der Waals surface area contributed by atoms with Crippen LogP contribution in [0.25, 0.3) is 0 Å². The molecule has 3 aliphatic rings. The Labute approximate surface area is 196 Å². The minimum absolute atomic E-state index is 0.0804. The van der Waals surface area contributed by atoms with Crippen molar-refractivity contribution in [2.75, 3.05) is 39.3 Å². The minimum Gasteiger partial charge on any atom is -0.340 e. The van der Waals surface area contributed by atoms with Crippen molar-refractivity contribution in [2.45, 2.75) is 43.5 Å². The van der Waals surface area contributed by atoms with Gasteiger partial charge in [0, 0.05) is 64.1 Å². The number of hydrogen-bond donors (Lipinski definition) is 0. The first-order valence-electron chi connectivity index (χ1n) is 12.0. The number of amides is 1. The van der Waals surface area contributed by atoms with Crippen molar-refractivity contribution in [3.63, 3.8) is 0 Å². The number of pyridine rings is 1. The molecule has 0 radical (unpaired) electrons. The Bertz CT molecular complexity index is 1090. The number of rotatable bonds is 5. The van der Waals surface area contributed by atoms with Gasteiger partial charge in [0.15, 0.2) is 0 Å². The van der Waals surface area contributed by atoms with Gasteiger partial charge in [-0.05, 0) is 73.1 Å². The first-order valence-corrected chi connectivity index (χ1v) is 13.5. The Balaban J connectivity index is 1.13. The molecule has 0 atom stereocenters. The fourth-order valence-corrected chi connectivity index (χ4v) is 6.85. The maximum absolute atomic E-state index is 13.2. The molecule has 1 aromatic heterocycles. The molecule has 0 spiro atoms. The molecule has 2 saturated heterocycles. The number of piperidine rings is 1. The SMILES string of the molecule is O=C(C1CCN(S(=O)(=O)c2ccc3c(c2)CCC3)CC1)N1CCN(Cc2ccncc2)CC1. The van der Waals surface area contributed by atoms with Gasteiger partial charge in [0.1, 0.15) is 0 Å². The molecule has 0 saturated carbocycles. The fraction of sp³-hybridized carbons (Fsp3) is 0.520. The number of aryl methyl sites for hydroxylation is 2. The fourth-order valence-electron chi connectivity index (χ4n) is 5.33. The molecule has 2 aliphatic heterocycles. The van der Waals surface area contributed by atoms with E-state index < -0.39 is 10.0 Å². The van der Waals surface area contributed by atoms with Crippen molar-refractivity contribution in [1.82, 2.24) is 19.1 Å². The zero-order valence-electron chi connectivity index (χ0n) is 19.0. The zero-order valence-corrected chi connectivity index (χ0v) is 19.8. The highest BCUT2D eigenvalue weighted by Crippen LogP contribution is 2.29. The molecule has 8 heteroatoms. The average Bonchev–Trinajstić information content (AvgIpc) is 3.33. The molecule has 2 fully saturated rings. The van der Waals surface area contributed by atoms with Crippen LogP contribution in [0.1, 0.15) is 36.0 Å². The summed E-state index contributed by atoms with van der Waals surface area (Å²) in [5.41, 5.74) is 3.69. The van der Waals surface area contributed by atoms with Gasteiger partial charge in [0.05, 0.1) is 4.90 Å². The molecule has 33 heavy (non-hydrogen) atoms. The van der Waals surface area contributed by atoms with Gasteiger partial charge in [-0.2, -0.15) is 4.31 Å². The van der Waals surface area contributed by atoms with Crippen LogP contribution >= 0.6 is 0 Å². The van der Waals surface area contributed by atoms with Crippen molar-refractivity contribution in [2.24, 2.45) is 5.92 Å². The highest BCUT2D eigenvalue weighted by molar-refractivity contribution is 7.89. The molecule has 2 aromatic rings. The third-order valence-corrected chi connectivity index (χ3v) is 9.25. The lowest BCUT2D eigenvalue weighted by Gasteiger charge is -2.38. The monoisotopic (exact) mass is 468 g/mol. The molecule has 1 aliphatic carbocycles. The molecular weight excluding hydrogens is 436 g/mol. The van der Waals surface area contributed by atoms with Gasteiger partial charge in [-0.1, -0.05) is 6.07 Å². The normalized spacial score (nSPS) is 20.7. The molecule has 3 heterocycles. The van der Waals surface area contributed by atoms with Crippen molar-refractivity contribution in [1.29, 1.82) is 0 Å². The van der Waals surface area contributed by atoms with E-state index in [0.717, 1.165) is 52.0 Å². The molecule has 176 valence electrons. The number of hydrogen-bond acceptors (Lipinski definition) is 5. The molecule has 5 rings (SSSR count). The van der Waals surface area contributed by atoms with Crippen molar-refractivity contribution < 1.29 is 13.2 Å². The summed E-state index contributed by atoms with van der Waals surface area (Å²) in [5, 5.41) is 0. The molecule has 1 amide bonds. The lowest BCUT2D eigenvalue weighted by Crippen LogP contribution is -2.51. The molecular formula is C25H32N4O3S. The summed E-state index contributed by atoms with van der Waals surface area (Å²) < 4.78 is 27.9. The lowest BCUT2D eigenvalue weighted by molar-refractivity contribution is -0.138. The van der Waals surface area contributed by atoms with E-state index in [-0.39, 0.29) is 11.8 Å². The van der Waals surface area contributed by atoms with Crippen LogP contribution in [0, 0.1) is 5.92 Å². The predicted molar refractivity (Wildman–Crippen MR) is 126 cm³/mol. The van der Waals surface area contributed by atoms with Gasteiger partial charge in [-0.25, -0.2) is 8.42 Å². The van der Waals surface area contributed by atoms with E-state index in [4.69, 9.17) is 0 Å². The number of piperazine rings is 1. The molecule has 0 unspecified atom stereocenters. The van der Waals surface area contributed by atoms with E-state index in [9.17, 15) is 13.2 Å². The van der Waals surface area contributed by atoms with Crippen LogP contribution in [0.2, 0.25) is 0 Å². The van der Waals surface area contributed by atoms with E-state index >= 15 is 0 Å². The summed E-state index contributed by atoms with van der Waals surface area (Å²) in [6, 6.07) is 9.65. The third kappa shape index (κ3) is 4.83. The van der Waals surface area contributed by atoms with Crippen molar-refractivity contribution >= 4 is 15.9 Å². The number of aromatic nitrogens is 1. The molecule has 0 bridgehead atoms. The minimum atomic E-state index is -3.50. The van der Waals surface area contributed by atoms with Crippen molar-refractivity contribution in [3.05, 3.63) is 59.4 Å². The van der Waals surface area contributed by atoms with E-state index in [0.29, 0.717) is 30.8 Å². The summed E-state index contributed by atoms with van der Waals surface area (Å²) in [7, 11) is -3.50. The summed E-state index contributed by atoms with van der Waals surface area (Å²) in [4.78, 5) is 21.9. The molecule has 1 aromatic carbocycles. The second kappa shape index (κ2) is 9.52. The summed E-state index contributed by atoms with van der Waals surface area (Å²) in [6.45, 7) is 4.90. The smallest absolute Gasteiger partial charge is 0.243 e. The van der Waals surface area contributed by atoms with Crippen LogP contribution in [-0.4, -0.2) is 72.7 Å². The highest BCUT2D eigenvalue weighted by Gasteiger charge is 2.35. The van der Waals surface area contributed by atoms with Crippen LogP contribution < -0.4 is 0 Å². The van der Waals surface area contributed by atoms with E-state index in [1.807, 2.05) is 41.6 Å². The van der Waals surface area contributed by atoms with Crippen LogP contribution in [0.5, 0.6) is 0 Å². The Morgan fingerprint density at radius 1 is 0.909 bits per heavy atom. The standard InChI is InChI=1S/C25H32N4O3S/c30-25(28-16-14-27(15-17-28)19-20-6-10-26-11-7-20)22-8-12-29(13-9-22)33(31,32)24-5-4-21-2-1-3-23(21)18-24/h4-7,10-11,18,22H,1-3,8-9,12-17,19H2. The zero-order chi connectivity index (χ0) is 22.8. The lowest BCUT2D eigenvalue weighted by atomic mass is 9.96. The summed E-state index contributed by atoms with van der Waals surface area (Å²) in [6.07, 6.45) is 7.93. The number of carbonyl (C=O) groups excluding carboxylic acids is 1. The topological polar surface area (TPSA) is 73.8 Å². The molecule has 7 nitrogen and oxygen atoms in total. The van der Waals surface area contributed by atoms with Crippen LogP contribution in [0.3, 0.4) is 0 Å². The quantitative estimate of drug-likeness (QED) is 0.673. The van der Waals surface area contributed by atoms with Crippen molar-refractivity contribution in [3.8, 4) is 0 Å². The summed E-state index contributed by atoms with van der Waals surface area (Å²) >= 11 is 0. The Hall–Kier alpha value is -2.29.